The highest BCUT2D eigenvalue weighted by molar-refractivity contribution is 5.45. The lowest BCUT2D eigenvalue weighted by atomic mass is 9.53. The quantitative estimate of drug-likeness (QED) is 0.810. The third kappa shape index (κ3) is 1.31. The number of nitrogen functional groups attached to an aromatic ring is 1. The van der Waals surface area contributed by atoms with Gasteiger partial charge in [0.25, 0.3) is 0 Å². The highest BCUT2D eigenvalue weighted by Gasteiger charge is 2.53. The maximum absolute atomic E-state index is 6.14. The summed E-state index contributed by atoms with van der Waals surface area (Å²) in [5.74, 6) is 3.65. The molecule has 1 aromatic heterocycles. The number of nitrogens with two attached hydrogens (primary N) is 1. The largest absolute Gasteiger partial charge is 0.382 e. The average Bonchev–Trinajstić information content (AvgIpc) is 2.92. The van der Waals surface area contributed by atoms with Crippen LogP contribution in [0.1, 0.15) is 49.8 Å². The lowest BCUT2D eigenvalue weighted by Gasteiger charge is -2.56. The van der Waals surface area contributed by atoms with Gasteiger partial charge in [-0.3, -0.25) is 4.68 Å². The predicted octanol–water partition coefficient (Wildman–Crippen LogP) is 1.99. The Labute approximate surface area is 113 Å². The number of rotatable bonds is 1. The molecule has 0 amide bonds. The molecule has 0 saturated heterocycles. The zero-order chi connectivity index (χ0) is 12.6. The first-order valence-electron chi connectivity index (χ1n) is 7.81. The fourth-order valence-electron chi connectivity index (χ4n) is 5.90. The van der Waals surface area contributed by atoms with Crippen LogP contribution >= 0.6 is 0 Å². The van der Waals surface area contributed by atoms with Crippen molar-refractivity contribution in [1.29, 1.82) is 0 Å². The molecule has 4 nitrogen and oxygen atoms in total. The molecule has 0 spiro atoms. The maximum atomic E-state index is 6.14. The first kappa shape index (κ1) is 10.7. The summed E-state index contributed by atoms with van der Waals surface area (Å²) >= 11 is 0. The van der Waals surface area contributed by atoms with Crippen LogP contribution in [0.3, 0.4) is 0 Å². The van der Waals surface area contributed by atoms with Gasteiger partial charge in [0.05, 0.1) is 11.2 Å². The van der Waals surface area contributed by atoms with Crippen LogP contribution in [-0.2, 0) is 18.6 Å². The Morgan fingerprint density at radius 3 is 2.32 bits per heavy atom. The molecule has 2 heterocycles. The van der Waals surface area contributed by atoms with Gasteiger partial charge < -0.3 is 11.1 Å². The predicted molar refractivity (Wildman–Crippen MR) is 73.3 cm³/mol. The minimum absolute atomic E-state index is 0.322. The zero-order valence-corrected chi connectivity index (χ0v) is 11.4. The number of hydrogen-bond donors (Lipinski definition) is 2. The van der Waals surface area contributed by atoms with E-state index in [0.717, 1.165) is 36.7 Å². The first-order chi connectivity index (χ1) is 9.23. The number of fused-ring (bicyclic) bond motifs is 1. The summed E-state index contributed by atoms with van der Waals surface area (Å²) in [6.45, 7) is 1.87. The van der Waals surface area contributed by atoms with Gasteiger partial charge in [0.2, 0.25) is 0 Å². The van der Waals surface area contributed by atoms with Crippen molar-refractivity contribution < 1.29 is 0 Å². The minimum atomic E-state index is 0.322. The van der Waals surface area contributed by atoms with Gasteiger partial charge in [-0.2, -0.15) is 5.10 Å². The van der Waals surface area contributed by atoms with Crippen molar-refractivity contribution in [2.24, 2.45) is 17.8 Å². The van der Waals surface area contributed by atoms with E-state index in [2.05, 4.69) is 10.00 Å². The lowest BCUT2D eigenvalue weighted by Crippen LogP contribution is -2.52. The zero-order valence-electron chi connectivity index (χ0n) is 11.4. The molecule has 4 heteroatoms. The molecule has 4 fully saturated rings. The molecular weight excluding hydrogens is 236 g/mol. The minimum Gasteiger partial charge on any atom is -0.382 e. The van der Waals surface area contributed by atoms with E-state index in [1.54, 1.807) is 0 Å². The number of anilines is 1. The van der Waals surface area contributed by atoms with Gasteiger partial charge in [-0.15, -0.1) is 0 Å². The van der Waals surface area contributed by atoms with Crippen LogP contribution in [0.25, 0.3) is 0 Å². The second-order valence-corrected chi connectivity index (χ2v) is 7.47. The second kappa shape index (κ2) is 3.35. The monoisotopic (exact) mass is 258 g/mol. The van der Waals surface area contributed by atoms with Crippen molar-refractivity contribution in [3.63, 3.8) is 0 Å². The van der Waals surface area contributed by atoms with Crippen LogP contribution in [0.2, 0.25) is 0 Å². The highest BCUT2D eigenvalue weighted by Crippen LogP contribution is 2.59. The Balaban J connectivity index is 1.64. The van der Waals surface area contributed by atoms with E-state index in [9.17, 15) is 0 Å². The summed E-state index contributed by atoms with van der Waals surface area (Å²) in [6.07, 6.45) is 8.51. The summed E-state index contributed by atoms with van der Waals surface area (Å²) in [5.41, 5.74) is 9.12. The smallest absolute Gasteiger partial charge is 0.150 e. The van der Waals surface area contributed by atoms with Crippen molar-refractivity contribution in [2.45, 2.75) is 57.2 Å². The van der Waals surface area contributed by atoms with Crippen LogP contribution in [0.5, 0.6) is 0 Å². The second-order valence-electron chi connectivity index (χ2n) is 7.47. The van der Waals surface area contributed by atoms with Gasteiger partial charge in [0, 0.05) is 18.7 Å². The molecule has 1 aromatic rings. The summed E-state index contributed by atoms with van der Waals surface area (Å²) in [5, 5.41) is 8.22. The van der Waals surface area contributed by atoms with E-state index < -0.39 is 0 Å². The molecule has 5 aliphatic rings. The molecule has 1 aliphatic heterocycles. The summed E-state index contributed by atoms with van der Waals surface area (Å²) in [7, 11) is 0. The molecule has 4 aliphatic carbocycles. The fourth-order valence-corrected chi connectivity index (χ4v) is 5.90. The lowest BCUT2D eigenvalue weighted by molar-refractivity contribution is -0.0506. The molecule has 0 radical (unpaired) electrons. The standard InChI is InChI=1S/C15H22N4/c16-14-12-7-17-8-13(12)19(18-14)15-4-9-1-10(5-15)3-11(2-9)6-15/h9-11,17H,1-8H2,(H2,16,18). The van der Waals surface area contributed by atoms with Crippen molar-refractivity contribution in [3.8, 4) is 0 Å². The van der Waals surface area contributed by atoms with Gasteiger partial charge in [-0.05, 0) is 56.3 Å². The van der Waals surface area contributed by atoms with Crippen LogP contribution in [0.4, 0.5) is 5.82 Å². The molecule has 4 bridgehead atoms. The van der Waals surface area contributed by atoms with E-state index in [0.29, 0.717) is 5.54 Å². The van der Waals surface area contributed by atoms with E-state index in [1.807, 2.05) is 0 Å². The van der Waals surface area contributed by atoms with Gasteiger partial charge >= 0.3 is 0 Å². The van der Waals surface area contributed by atoms with Crippen molar-refractivity contribution in [1.82, 2.24) is 15.1 Å². The first-order valence-corrected chi connectivity index (χ1v) is 7.81. The Morgan fingerprint density at radius 1 is 1.05 bits per heavy atom. The molecule has 3 N–H and O–H groups in total. The van der Waals surface area contributed by atoms with Gasteiger partial charge in [0.15, 0.2) is 0 Å². The maximum Gasteiger partial charge on any atom is 0.150 e. The topological polar surface area (TPSA) is 55.9 Å². The Hall–Kier alpha value is -1.03. The van der Waals surface area contributed by atoms with Crippen LogP contribution < -0.4 is 11.1 Å². The van der Waals surface area contributed by atoms with Crippen LogP contribution in [0.15, 0.2) is 0 Å². The van der Waals surface area contributed by atoms with E-state index >= 15 is 0 Å². The van der Waals surface area contributed by atoms with E-state index in [-0.39, 0.29) is 0 Å². The van der Waals surface area contributed by atoms with Crippen LogP contribution in [-0.4, -0.2) is 9.78 Å². The summed E-state index contributed by atoms with van der Waals surface area (Å²) in [4.78, 5) is 0. The molecular formula is C15H22N4. The molecule has 4 saturated carbocycles. The number of hydrogen-bond acceptors (Lipinski definition) is 3. The van der Waals surface area contributed by atoms with E-state index in [4.69, 9.17) is 10.8 Å². The molecule has 0 unspecified atom stereocenters. The van der Waals surface area contributed by atoms with Crippen LogP contribution in [0, 0.1) is 17.8 Å². The Kier molecular flexibility index (Phi) is 1.89. The molecule has 6 rings (SSSR count). The third-order valence-corrected chi connectivity index (χ3v) is 6.17. The molecule has 0 atom stereocenters. The van der Waals surface area contributed by atoms with Gasteiger partial charge in [-0.1, -0.05) is 0 Å². The third-order valence-electron chi connectivity index (χ3n) is 6.17. The summed E-state index contributed by atoms with van der Waals surface area (Å²) in [6, 6.07) is 0. The fraction of sp³-hybridized carbons (Fsp3) is 0.800. The van der Waals surface area contributed by atoms with Crippen molar-refractivity contribution in [2.75, 3.05) is 5.73 Å². The average molecular weight is 258 g/mol. The molecule has 19 heavy (non-hydrogen) atoms. The van der Waals surface area contributed by atoms with E-state index in [1.165, 1.54) is 49.8 Å². The SMILES string of the molecule is Nc1nn(C23CC4CC(CC(C4)C2)C3)c2c1CNC2. The number of nitrogens with zero attached hydrogens (tertiary/aromatic N) is 2. The van der Waals surface area contributed by atoms with Gasteiger partial charge in [-0.25, -0.2) is 0 Å². The molecule has 0 aromatic carbocycles. The number of aromatic nitrogens is 2. The Morgan fingerprint density at radius 2 is 1.68 bits per heavy atom. The van der Waals surface area contributed by atoms with Gasteiger partial charge in [0.1, 0.15) is 5.82 Å². The van der Waals surface area contributed by atoms with Crippen molar-refractivity contribution in [3.05, 3.63) is 11.3 Å². The molecule has 102 valence electrons. The normalized spacial score (nSPS) is 42.8. The summed E-state index contributed by atoms with van der Waals surface area (Å²) < 4.78 is 2.38. The highest BCUT2D eigenvalue weighted by atomic mass is 15.4. The Bertz CT molecular complexity index is 509. The number of nitrogens with one attached hydrogen (secondary N) is 1. The van der Waals surface area contributed by atoms with Crippen molar-refractivity contribution >= 4 is 5.82 Å².